The van der Waals surface area contributed by atoms with Crippen LogP contribution in [0.5, 0.6) is 0 Å². The normalized spacial score (nSPS) is 12.4. The number of hydrogen-bond donors (Lipinski definition) is 0. The molecule has 0 fully saturated rings. The minimum Gasteiger partial charge on any atom is -0.208 e. The van der Waals surface area contributed by atoms with Gasteiger partial charge < -0.3 is 0 Å². The molecule has 9 aromatic carbocycles. The van der Waals surface area contributed by atoms with Crippen LogP contribution in [0.25, 0.3) is 78.7 Å². The summed E-state index contributed by atoms with van der Waals surface area (Å²) in [5.41, 5.74) is 16.8. The van der Waals surface area contributed by atoms with Gasteiger partial charge in [-0.3, -0.25) is 0 Å². The lowest BCUT2D eigenvalue weighted by Crippen LogP contribution is -2.28. The lowest BCUT2D eigenvalue weighted by Gasteiger charge is -2.34. The summed E-state index contributed by atoms with van der Waals surface area (Å²) in [5, 5.41) is 0. The summed E-state index contributed by atoms with van der Waals surface area (Å²) >= 11 is 0. The van der Waals surface area contributed by atoms with Gasteiger partial charge >= 0.3 is 0 Å². The summed E-state index contributed by atoms with van der Waals surface area (Å²) in [6.07, 6.45) is 0. The van der Waals surface area contributed by atoms with Crippen molar-refractivity contribution in [2.24, 2.45) is 0 Å². The Labute approximate surface area is 356 Å². The van der Waals surface area contributed by atoms with E-state index in [4.69, 9.17) is 15.0 Å². The van der Waals surface area contributed by atoms with Gasteiger partial charge in [-0.15, -0.1) is 0 Å². The first kappa shape index (κ1) is 36.1. The molecule has 0 spiro atoms. The van der Waals surface area contributed by atoms with Crippen molar-refractivity contribution < 1.29 is 0 Å². The Bertz CT molecular complexity index is 3090. The van der Waals surface area contributed by atoms with Crippen molar-refractivity contribution >= 4 is 0 Å². The zero-order valence-corrected chi connectivity index (χ0v) is 33.4. The molecule has 11 rings (SSSR count). The summed E-state index contributed by atoms with van der Waals surface area (Å²) in [6.45, 7) is 0. The van der Waals surface area contributed by atoms with Crippen LogP contribution in [0.15, 0.2) is 237 Å². The van der Waals surface area contributed by atoms with E-state index >= 15 is 0 Å². The van der Waals surface area contributed by atoms with Crippen LogP contribution in [0, 0.1) is 0 Å². The Morgan fingerprint density at radius 1 is 0.230 bits per heavy atom. The zero-order valence-electron chi connectivity index (χ0n) is 33.4. The minimum absolute atomic E-state index is 0.507. The van der Waals surface area contributed by atoms with Crippen molar-refractivity contribution in [3.63, 3.8) is 0 Å². The predicted molar refractivity (Wildman–Crippen MR) is 250 cm³/mol. The van der Waals surface area contributed by atoms with Gasteiger partial charge in [0.25, 0.3) is 0 Å². The number of aromatic nitrogens is 3. The van der Waals surface area contributed by atoms with E-state index in [2.05, 4.69) is 200 Å². The second kappa shape index (κ2) is 15.3. The molecule has 0 bridgehead atoms. The number of hydrogen-bond acceptors (Lipinski definition) is 3. The molecular formula is C58H39N3. The third kappa shape index (κ3) is 6.35. The summed E-state index contributed by atoms with van der Waals surface area (Å²) < 4.78 is 0. The molecular weight excluding hydrogens is 739 g/mol. The highest BCUT2D eigenvalue weighted by molar-refractivity contribution is 5.95. The molecule has 1 aliphatic carbocycles. The molecule has 0 radical (unpaired) electrons. The molecule has 3 nitrogen and oxygen atoms in total. The lowest BCUT2D eigenvalue weighted by molar-refractivity contribution is 0.769. The van der Waals surface area contributed by atoms with Gasteiger partial charge in [0.15, 0.2) is 17.5 Å². The molecule has 1 heterocycles. The third-order valence-electron chi connectivity index (χ3n) is 12.1. The van der Waals surface area contributed by atoms with Crippen LogP contribution in [0.3, 0.4) is 0 Å². The molecule has 0 aliphatic heterocycles. The van der Waals surface area contributed by atoms with Crippen LogP contribution < -0.4 is 0 Å². The van der Waals surface area contributed by atoms with E-state index in [-0.39, 0.29) is 0 Å². The lowest BCUT2D eigenvalue weighted by atomic mass is 9.67. The van der Waals surface area contributed by atoms with Crippen LogP contribution >= 0.6 is 0 Å². The average molecular weight is 778 g/mol. The number of benzene rings is 9. The van der Waals surface area contributed by atoms with Crippen molar-refractivity contribution in [1.82, 2.24) is 15.0 Å². The topological polar surface area (TPSA) is 38.7 Å². The highest BCUT2D eigenvalue weighted by Gasteiger charge is 2.46. The van der Waals surface area contributed by atoms with Gasteiger partial charge in [0, 0.05) is 16.7 Å². The molecule has 3 heteroatoms. The molecule has 0 saturated carbocycles. The maximum atomic E-state index is 5.10. The molecule has 286 valence electrons. The summed E-state index contributed by atoms with van der Waals surface area (Å²) in [7, 11) is 0. The van der Waals surface area contributed by atoms with Crippen LogP contribution in [-0.2, 0) is 5.41 Å². The standard InChI is InChI=1S/C58H39N3/c1-6-18-40(19-7-1)41-30-34-45(35-31-41)56-59-55(44-22-10-3-11-23-44)60-57(61-56)46-36-32-43(33-37-46)51-39-54-52(38-50(51)42-20-8-2-9-21-42)49-28-16-17-29-53(49)58(54,47-24-12-4-13-25-47)48-26-14-5-15-27-48/h1-39H. The first-order valence-corrected chi connectivity index (χ1v) is 20.8. The largest absolute Gasteiger partial charge is 0.208 e. The summed E-state index contributed by atoms with van der Waals surface area (Å²) in [5.74, 6) is 1.90. The Balaban J connectivity index is 1.07. The van der Waals surface area contributed by atoms with Gasteiger partial charge in [0.05, 0.1) is 5.41 Å². The Morgan fingerprint density at radius 3 is 1.10 bits per heavy atom. The predicted octanol–water partition coefficient (Wildman–Crippen LogP) is 14.2. The Hall–Kier alpha value is -8.01. The smallest absolute Gasteiger partial charge is 0.164 e. The number of nitrogens with zero attached hydrogens (tertiary/aromatic N) is 3. The van der Waals surface area contributed by atoms with E-state index in [1.165, 1.54) is 55.6 Å². The van der Waals surface area contributed by atoms with Gasteiger partial charge in [0.1, 0.15) is 0 Å². The quantitative estimate of drug-likeness (QED) is 0.154. The minimum atomic E-state index is -0.507. The van der Waals surface area contributed by atoms with E-state index < -0.39 is 5.41 Å². The molecule has 0 atom stereocenters. The second-order valence-electron chi connectivity index (χ2n) is 15.5. The fraction of sp³-hybridized carbons (Fsp3) is 0.0172. The molecule has 0 saturated heterocycles. The van der Waals surface area contributed by atoms with Crippen LogP contribution in [0.2, 0.25) is 0 Å². The molecule has 0 amide bonds. The Kier molecular flexibility index (Phi) is 9.05. The van der Waals surface area contributed by atoms with Crippen molar-refractivity contribution in [2.45, 2.75) is 5.41 Å². The maximum Gasteiger partial charge on any atom is 0.164 e. The molecule has 61 heavy (non-hydrogen) atoms. The van der Waals surface area contributed by atoms with Gasteiger partial charge in [-0.05, 0) is 78.9 Å². The van der Waals surface area contributed by atoms with Crippen molar-refractivity contribution in [2.75, 3.05) is 0 Å². The highest BCUT2D eigenvalue weighted by atomic mass is 15.0. The second-order valence-corrected chi connectivity index (χ2v) is 15.5. The average Bonchev–Trinajstić information content (AvgIpc) is 3.65. The van der Waals surface area contributed by atoms with Crippen molar-refractivity contribution in [1.29, 1.82) is 0 Å². The fourth-order valence-corrected chi connectivity index (χ4v) is 9.17. The van der Waals surface area contributed by atoms with E-state index in [9.17, 15) is 0 Å². The van der Waals surface area contributed by atoms with E-state index in [1.807, 2.05) is 36.4 Å². The first-order valence-electron chi connectivity index (χ1n) is 20.8. The molecule has 0 N–H and O–H groups in total. The molecule has 10 aromatic rings. The third-order valence-corrected chi connectivity index (χ3v) is 12.1. The zero-order chi connectivity index (χ0) is 40.6. The van der Waals surface area contributed by atoms with Crippen LogP contribution in [0.4, 0.5) is 0 Å². The van der Waals surface area contributed by atoms with Crippen molar-refractivity contribution in [3.05, 3.63) is 259 Å². The monoisotopic (exact) mass is 777 g/mol. The number of rotatable bonds is 8. The fourth-order valence-electron chi connectivity index (χ4n) is 9.17. The first-order chi connectivity index (χ1) is 30.2. The van der Waals surface area contributed by atoms with Crippen LogP contribution in [-0.4, -0.2) is 15.0 Å². The van der Waals surface area contributed by atoms with E-state index in [0.29, 0.717) is 17.5 Å². The molecule has 1 aliphatic rings. The van der Waals surface area contributed by atoms with Crippen LogP contribution in [0.1, 0.15) is 22.3 Å². The Morgan fingerprint density at radius 2 is 0.574 bits per heavy atom. The number of fused-ring (bicyclic) bond motifs is 3. The van der Waals surface area contributed by atoms with Gasteiger partial charge in [-0.2, -0.15) is 0 Å². The molecule has 0 unspecified atom stereocenters. The maximum absolute atomic E-state index is 5.10. The van der Waals surface area contributed by atoms with Crippen molar-refractivity contribution in [3.8, 4) is 78.7 Å². The summed E-state index contributed by atoms with van der Waals surface area (Å²) in [6, 6.07) is 84.3. The van der Waals surface area contributed by atoms with Gasteiger partial charge in [-0.1, -0.05) is 224 Å². The highest BCUT2D eigenvalue weighted by Crippen LogP contribution is 2.58. The SMILES string of the molecule is c1ccc(-c2ccc(-c3nc(-c4ccccc4)nc(-c4ccc(-c5cc6c(cc5-c5ccccc5)-c5ccccc5C6(c5ccccc5)c5ccccc5)cc4)n3)cc2)cc1. The van der Waals surface area contributed by atoms with Gasteiger partial charge in [-0.25, -0.2) is 15.0 Å². The van der Waals surface area contributed by atoms with Gasteiger partial charge in [0.2, 0.25) is 0 Å². The van der Waals surface area contributed by atoms with E-state index in [0.717, 1.165) is 27.8 Å². The molecule has 1 aromatic heterocycles. The summed E-state index contributed by atoms with van der Waals surface area (Å²) in [4.78, 5) is 15.2. The van der Waals surface area contributed by atoms with E-state index in [1.54, 1.807) is 0 Å².